The molecule has 9 nitrogen and oxygen atoms in total. The molecule has 1 aliphatic rings. The lowest BCUT2D eigenvalue weighted by molar-refractivity contribution is -0.213. The lowest BCUT2D eigenvalue weighted by Crippen LogP contribution is -2.53. The SMILES string of the molecule is C#CCOc1cnc2c(Nc3cnc(F)c([C@]4(C)C[C@](C)([C@@H](O)C(F)(F)F)SC(N)=N4)c3)ncnc2c1. The number of aliphatic hydroxyl groups is 1. The van der Waals surface area contributed by atoms with Crippen LogP contribution >= 0.6 is 11.8 Å². The smallest absolute Gasteiger partial charge is 0.415 e. The number of hydrogen-bond donors (Lipinski definition) is 3. The number of pyridine rings is 2. The number of thioether (sulfide) groups is 1. The minimum absolute atomic E-state index is 0.0523. The number of fused-ring (bicyclic) bond motifs is 1. The zero-order valence-electron chi connectivity index (χ0n) is 19.5. The Balaban J connectivity index is 1.69. The van der Waals surface area contributed by atoms with E-state index in [2.05, 4.69) is 36.2 Å². The van der Waals surface area contributed by atoms with Crippen LogP contribution in [0.15, 0.2) is 35.8 Å². The standard InChI is InChI=1S/C23H21F4N7O2S/c1-4-5-36-13-7-15-16(29-9-13)18(32-11-31-15)33-12-6-14(17(24)30-8-12)21(2)10-22(3,37-20(28)34-21)19(35)23(25,26)27/h1,6-9,11,19,35H,5,10H2,2-3H3,(H2,28,34)(H,31,32,33)/t19-,21+,22-/m1/s1. The zero-order chi connectivity index (χ0) is 27.0. The van der Waals surface area contributed by atoms with Crippen LogP contribution in [0.1, 0.15) is 25.8 Å². The number of hydrogen-bond acceptors (Lipinski definition) is 10. The van der Waals surface area contributed by atoms with Crippen LogP contribution in [0.3, 0.4) is 0 Å². The first-order valence-corrected chi connectivity index (χ1v) is 11.6. The van der Waals surface area contributed by atoms with Gasteiger partial charge in [0, 0.05) is 11.6 Å². The van der Waals surface area contributed by atoms with Gasteiger partial charge in [0.2, 0.25) is 5.95 Å². The van der Waals surface area contributed by atoms with Crippen molar-refractivity contribution in [3.63, 3.8) is 0 Å². The van der Waals surface area contributed by atoms with Gasteiger partial charge in [-0.3, -0.25) is 4.99 Å². The minimum atomic E-state index is -4.91. The molecule has 3 atom stereocenters. The van der Waals surface area contributed by atoms with Gasteiger partial charge in [0.1, 0.15) is 24.2 Å². The van der Waals surface area contributed by atoms with Crippen LogP contribution in [0.5, 0.6) is 5.75 Å². The summed E-state index contributed by atoms with van der Waals surface area (Å²) in [6, 6.07) is 2.97. The van der Waals surface area contributed by atoms with Crippen molar-refractivity contribution in [2.75, 3.05) is 11.9 Å². The fourth-order valence-corrected chi connectivity index (χ4v) is 5.49. The van der Waals surface area contributed by atoms with Gasteiger partial charge in [0.05, 0.1) is 33.9 Å². The zero-order valence-corrected chi connectivity index (χ0v) is 20.4. The molecule has 0 spiro atoms. The second-order valence-electron chi connectivity index (χ2n) is 8.70. The van der Waals surface area contributed by atoms with Crippen LogP contribution in [0.2, 0.25) is 0 Å². The van der Waals surface area contributed by atoms with Gasteiger partial charge in [0.15, 0.2) is 17.1 Å². The Morgan fingerprint density at radius 1 is 1.24 bits per heavy atom. The number of aliphatic imine (C=N–C) groups is 1. The number of nitrogens with zero attached hydrogens (tertiary/aromatic N) is 5. The second kappa shape index (κ2) is 9.64. The fraction of sp³-hybridized carbons (Fsp3) is 0.348. The predicted molar refractivity (Wildman–Crippen MR) is 131 cm³/mol. The van der Waals surface area contributed by atoms with Crippen LogP contribution in [0.25, 0.3) is 11.0 Å². The summed E-state index contributed by atoms with van der Waals surface area (Å²) < 4.78 is 58.6. The molecule has 0 radical (unpaired) electrons. The Hall–Kier alpha value is -3.70. The van der Waals surface area contributed by atoms with Crippen molar-refractivity contribution in [3.05, 3.63) is 42.4 Å². The summed E-state index contributed by atoms with van der Waals surface area (Å²) in [6.07, 6.45) is 1.11. The van der Waals surface area contributed by atoms with E-state index in [-0.39, 0.29) is 35.3 Å². The number of rotatable bonds is 6. The molecule has 0 saturated heterocycles. The van der Waals surface area contributed by atoms with Crippen LogP contribution in [-0.4, -0.2) is 53.8 Å². The van der Waals surface area contributed by atoms with Gasteiger partial charge in [-0.1, -0.05) is 17.7 Å². The van der Waals surface area contributed by atoms with Gasteiger partial charge in [0.25, 0.3) is 0 Å². The molecule has 4 heterocycles. The van der Waals surface area contributed by atoms with Crippen LogP contribution < -0.4 is 15.8 Å². The molecule has 3 aromatic rings. The van der Waals surface area contributed by atoms with E-state index in [1.165, 1.54) is 38.6 Å². The molecule has 0 aliphatic carbocycles. The Labute approximate surface area is 213 Å². The summed E-state index contributed by atoms with van der Waals surface area (Å²) in [4.78, 5) is 20.6. The number of halogens is 4. The van der Waals surface area contributed by atoms with Crippen molar-refractivity contribution >= 4 is 39.5 Å². The third kappa shape index (κ3) is 5.37. The number of alkyl halides is 3. The average Bonchev–Trinajstić information content (AvgIpc) is 2.82. The predicted octanol–water partition coefficient (Wildman–Crippen LogP) is 3.66. The molecular weight excluding hydrogens is 514 g/mol. The summed E-state index contributed by atoms with van der Waals surface area (Å²) >= 11 is 0.594. The number of amidine groups is 1. The van der Waals surface area contributed by atoms with Crippen molar-refractivity contribution in [3.8, 4) is 18.1 Å². The third-order valence-electron chi connectivity index (χ3n) is 5.73. The molecule has 0 saturated carbocycles. The number of nitrogens with one attached hydrogen (secondary N) is 1. The molecule has 0 aromatic carbocycles. The topological polar surface area (TPSA) is 131 Å². The number of aliphatic hydroxyl groups excluding tert-OH is 1. The molecule has 37 heavy (non-hydrogen) atoms. The Morgan fingerprint density at radius 2 is 2.00 bits per heavy atom. The molecule has 3 aromatic heterocycles. The van der Waals surface area contributed by atoms with Gasteiger partial charge in [-0.25, -0.2) is 19.9 Å². The number of nitrogens with two attached hydrogens (primary N) is 1. The maximum absolute atomic E-state index is 14.9. The van der Waals surface area contributed by atoms with E-state index in [1.807, 2.05) is 0 Å². The van der Waals surface area contributed by atoms with Gasteiger partial charge >= 0.3 is 6.18 Å². The van der Waals surface area contributed by atoms with E-state index in [9.17, 15) is 22.7 Å². The molecule has 0 amide bonds. The molecule has 0 bridgehead atoms. The van der Waals surface area contributed by atoms with Crippen molar-refractivity contribution in [2.45, 2.75) is 42.8 Å². The highest BCUT2D eigenvalue weighted by Crippen LogP contribution is 2.50. The van der Waals surface area contributed by atoms with Crippen molar-refractivity contribution < 1.29 is 27.4 Å². The lowest BCUT2D eigenvalue weighted by atomic mass is 9.81. The quantitative estimate of drug-likeness (QED) is 0.246. The first kappa shape index (κ1) is 26.4. The Bertz CT molecular complexity index is 1410. The largest absolute Gasteiger partial charge is 0.479 e. The average molecular weight is 536 g/mol. The molecule has 194 valence electrons. The first-order chi connectivity index (χ1) is 17.3. The molecule has 0 unspecified atom stereocenters. The van der Waals surface area contributed by atoms with Crippen molar-refractivity contribution in [1.82, 2.24) is 19.9 Å². The van der Waals surface area contributed by atoms with Crippen LogP contribution in [0.4, 0.5) is 29.1 Å². The maximum atomic E-state index is 14.9. The third-order valence-corrected chi connectivity index (χ3v) is 6.87. The molecule has 1 aliphatic heterocycles. The van der Waals surface area contributed by atoms with Crippen LogP contribution in [-0.2, 0) is 5.54 Å². The highest BCUT2D eigenvalue weighted by Gasteiger charge is 2.56. The number of terminal acetylenes is 1. The van der Waals surface area contributed by atoms with Gasteiger partial charge in [-0.2, -0.15) is 17.6 Å². The van der Waals surface area contributed by atoms with Crippen molar-refractivity contribution in [1.29, 1.82) is 0 Å². The molecule has 4 rings (SSSR count). The molecule has 14 heteroatoms. The van der Waals surface area contributed by atoms with E-state index in [0.29, 0.717) is 28.5 Å². The minimum Gasteiger partial charge on any atom is -0.479 e. The number of aromatic nitrogens is 4. The summed E-state index contributed by atoms with van der Waals surface area (Å²) in [5.41, 5.74) is 5.25. The van der Waals surface area contributed by atoms with E-state index in [0.717, 1.165) is 0 Å². The molecule has 0 fully saturated rings. The van der Waals surface area contributed by atoms with Gasteiger partial charge in [-0.15, -0.1) is 6.42 Å². The summed E-state index contributed by atoms with van der Waals surface area (Å²) in [7, 11) is 0. The maximum Gasteiger partial charge on any atom is 0.415 e. The summed E-state index contributed by atoms with van der Waals surface area (Å²) in [5, 5.41) is 12.8. The number of anilines is 2. The molecule has 4 N–H and O–H groups in total. The summed E-state index contributed by atoms with van der Waals surface area (Å²) in [5.74, 6) is 2.07. The first-order valence-electron chi connectivity index (χ1n) is 10.7. The van der Waals surface area contributed by atoms with Gasteiger partial charge < -0.3 is 20.9 Å². The highest BCUT2D eigenvalue weighted by atomic mass is 32.2. The van der Waals surface area contributed by atoms with E-state index in [1.54, 1.807) is 6.07 Å². The van der Waals surface area contributed by atoms with Crippen molar-refractivity contribution in [2.24, 2.45) is 10.7 Å². The summed E-state index contributed by atoms with van der Waals surface area (Å²) in [6.45, 7) is 2.70. The second-order valence-corrected chi connectivity index (χ2v) is 10.3. The normalized spacial score (nSPS) is 22.7. The van der Waals surface area contributed by atoms with Gasteiger partial charge in [-0.05, 0) is 26.3 Å². The van der Waals surface area contributed by atoms with Crippen LogP contribution in [0, 0.1) is 18.3 Å². The Morgan fingerprint density at radius 3 is 2.70 bits per heavy atom. The van der Waals surface area contributed by atoms with E-state index in [4.69, 9.17) is 16.9 Å². The van der Waals surface area contributed by atoms with E-state index >= 15 is 0 Å². The Kier molecular flexibility index (Phi) is 6.87. The highest BCUT2D eigenvalue weighted by molar-refractivity contribution is 8.15. The van der Waals surface area contributed by atoms with E-state index < -0.39 is 28.5 Å². The fourth-order valence-electron chi connectivity index (χ4n) is 4.17. The monoisotopic (exact) mass is 535 g/mol. The lowest BCUT2D eigenvalue weighted by Gasteiger charge is -2.43. The molecular formula is C23H21F4N7O2S. The number of ether oxygens (including phenoxy) is 1.